The van der Waals surface area contributed by atoms with Gasteiger partial charge in [-0.2, -0.15) is 0 Å². The second kappa shape index (κ2) is 19.9. The second-order valence-electron chi connectivity index (χ2n) is 11.1. The number of ether oxygens (including phenoxy) is 1. The normalized spacial score (nSPS) is 14.7. The molecule has 1 aliphatic heterocycles. The molecule has 1 fully saturated rings. The van der Waals surface area contributed by atoms with Gasteiger partial charge in [-0.25, -0.2) is 4.79 Å². The van der Waals surface area contributed by atoms with Crippen LogP contribution in [0.5, 0.6) is 0 Å². The minimum absolute atomic E-state index is 0.135. The molecule has 2 N–H and O–H groups in total. The molecule has 1 heterocycles. The first-order chi connectivity index (χ1) is 20.9. The fourth-order valence-corrected chi connectivity index (χ4v) is 5.87. The zero-order valence-electron chi connectivity index (χ0n) is 26.2. The zero-order valence-corrected chi connectivity index (χ0v) is 27.0. The molecule has 7 heteroatoms. The number of carbonyl (C=O) groups excluding carboxylic acids is 2. The van der Waals surface area contributed by atoms with Crippen LogP contribution in [-0.4, -0.2) is 61.9 Å². The van der Waals surface area contributed by atoms with Crippen LogP contribution in [0.15, 0.2) is 82.8 Å². The molecule has 2 aromatic carbocycles. The van der Waals surface area contributed by atoms with Crippen LogP contribution in [0.1, 0.15) is 75.2 Å². The third-order valence-corrected chi connectivity index (χ3v) is 8.38. The molecule has 0 radical (unpaired) electrons. The van der Waals surface area contributed by atoms with Gasteiger partial charge in [0, 0.05) is 48.6 Å². The van der Waals surface area contributed by atoms with E-state index in [1.54, 1.807) is 17.8 Å². The monoisotopic (exact) mass is 603 g/mol. The highest BCUT2D eigenvalue weighted by molar-refractivity contribution is 7.99. The van der Waals surface area contributed by atoms with E-state index < -0.39 is 0 Å². The molecule has 2 aromatic rings. The molecule has 1 saturated heterocycles. The summed E-state index contributed by atoms with van der Waals surface area (Å²) in [7, 11) is 0. The molecule has 0 atom stereocenters. The predicted octanol–water partition coefficient (Wildman–Crippen LogP) is 7.75. The molecule has 0 spiro atoms. The largest absolute Gasteiger partial charge is 0.463 e. The quantitative estimate of drug-likeness (QED) is 0.0634. The van der Waals surface area contributed by atoms with Gasteiger partial charge in [0.25, 0.3) is 5.91 Å². The average molecular weight is 604 g/mol. The Morgan fingerprint density at radius 2 is 1.72 bits per heavy atom. The van der Waals surface area contributed by atoms with Crippen LogP contribution in [0.3, 0.4) is 0 Å². The summed E-state index contributed by atoms with van der Waals surface area (Å²) in [5.41, 5.74) is 5.08. The number of nitrogens with one attached hydrogen (secondary N) is 2. The number of thioether (sulfide) groups is 1. The molecule has 0 unspecified atom stereocenters. The molecular weight excluding hydrogens is 554 g/mol. The van der Waals surface area contributed by atoms with E-state index in [4.69, 9.17) is 4.74 Å². The van der Waals surface area contributed by atoms with Crippen LogP contribution in [0, 0.1) is 0 Å². The van der Waals surface area contributed by atoms with E-state index in [2.05, 4.69) is 48.5 Å². The van der Waals surface area contributed by atoms with E-state index in [9.17, 15) is 9.59 Å². The van der Waals surface area contributed by atoms with Gasteiger partial charge in [-0.1, -0.05) is 60.9 Å². The SMILES string of the molecule is CCC/C(C)=C/CC/C(C)=C/CSc1ccccc1C(=O)Nc1ccc(/C=C/C(=O)OCCCCN2CCNCC2)cc1. The van der Waals surface area contributed by atoms with Gasteiger partial charge in [0.2, 0.25) is 0 Å². The number of carbonyl (C=O) groups is 2. The van der Waals surface area contributed by atoms with Crippen LogP contribution >= 0.6 is 11.8 Å². The third kappa shape index (κ3) is 13.8. The molecule has 0 aliphatic carbocycles. The summed E-state index contributed by atoms with van der Waals surface area (Å²) >= 11 is 1.68. The van der Waals surface area contributed by atoms with Crippen molar-refractivity contribution in [1.82, 2.24) is 10.2 Å². The highest BCUT2D eigenvalue weighted by Crippen LogP contribution is 2.25. The number of amides is 1. The fraction of sp³-hybridized carbons (Fsp3) is 0.444. The van der Waals surface area contributed by atoms with E-state index in [1.807, 2.05) is 48.5 Å². The number of unbranched alkanes of at least 4 members (excludes halogenated alkanes) is 1. The number of piperazine rings is 1. The number of rotatable bonds is 17. The lowest BCUT2D eigenvalue weighted by Gasteiger charge is -2.26. The van der Waals surface area contributed by atoms with Crippen LogP contribution in [-0.2, 0) is 9.53 Å². The molecule has 6 nitrogen and oxygen atoms in total. The number of hydrogen-bond acceptors (Lipinski definition) is 6. The summed E-state index contributed by atoms with van der Waals surface area (Å²) in [5.74, 6) is 0.357. The van der Waals surface area contributed by atoms with Gasteiger partial charge < -0.3 is 20.3 Å². The Balaban J connectivity index is 1.41. The Hall–Kier alpha value is -3.13. The van der Waals surface area contributed by atoms with Crippen molar-refractivity contribution in [2.45, 2.75) is 64.2 Å². The maximum atomic E-state index is 13.1. The van der Waals surface area contributed by atoms with Crippen molar-refractivity contribution >= 4 is 35.4 Å². The van der Waals surface area contributed by atoms with Gasteiger partial charge in [0.05, 0.1) is 12.2 Å². The number of benzene rings is 2. The minimum Gasteiger partial charge on any atom is -0.463 e. The number of anilines is 1. The summed E-state index contributed by atoms with van der Waals surface area (Å²) in [6.07, 6.45) is 14.2. The van der Waals surface area contributed by atoms with Gasteiger partial charge in [-0.15, -0.1) is 11.8 Å². The summed E-state index contributed by atoms with van der Waals surface area (Å²) in [6.45, 7) is 12.4. The first-order valence-electron chi connectivity index (χ1n) is 15.7. The third-order valence-electron chi connectivity index (χ3n) is 7.38. The number of nitrogens with zero attached hydrogens (tertiary/aromatic N) is 1. The molecule has 3 rings (SSSR count). The summed E-state index contributed by atoms with van der Waals surface area (Å²) in [5, 5.41) is 6.36. The van der Waals surface area contributed by atoms with Crippen LogP contribution in [0.4, 0.5) is 5.69 Å². The first kappa shape index (κ1) is 34.4. The zero-order chi connectivity index (χ0) is 30.7. The highest BCUT2D eigenvalue weighted by atomic mass is 32.2. The van der Waals surface area contributed by atoms with E-state index >= 15 is 0 Å². The molecule has 0 aromatic heterocycles. The lowest BCUT2D eigenvalue weighted by atomic mass is 10.1. The number of allylic oxidation sites excluding steroid dienone is 3. The summed E-state index contributed by atoms with van der Waals surface area (Å²) in [4.78, 5) is 28.6. The van der Waals surface area contributed by atoms with Crippen molar-refractivity contribution in [2.24, 2.45) is 0 Å². The van der Waals surface area contributed by atoms with Crippen molar-refractivity contribution in [2.75, 3.05) is 50.4 Å². The maximum Gasteiger partial charge on any atom is 0.330 e. The van der Waals surface area contributed by atoms with Crippen molar-refractivity contribution in [3.05, 3.63) is 89.0 Å². The minimum atomic E-state index is -0.336. The van der Waals surface area contributed by atoms with Crippen molar-refractivity contribution in [3.8, 4) is 0 Å². The average Bonchev–Trinajstić information content (AvgIpc) is 3.01. The Kier molecular flexibility index (Phi) is 15.9. The van der Waals surface area contributed by atoms with Crippen LogP contribution in [0.25, 0.3) is 6.08 Å². The fourth-order valence-electron chi connectivity index (χ4n) is 4.83. The first-order valence-corrected chi connectivity index (χ1v) is 16.7. The lowest BCUT2D eigenvalue weighted by Crippen LogP contribution is -2.43. The number of esters is 1. The smallest absolute Gasteiger partial charge is 0.330 e. The molecule has 1 aliphatic rings. The van der Waals surface area contributed by atoms with E-state index in [0.29, 0.717) is 17.9 Å². The van der Waals surface area contributed by atoms with Gasteiger partial charge >= 0.3 is 5.97 Å². The van der Waals surface area contributed by atoms with Gasteiger partial charge in [-0.3, -0.25) is 4.79 Å². The standard InChI is InChI=1S/C36H49N3O3S/c1-4-10-29(2)11-9-12-30(3)21-28-43-34-14-6-5-13-33(34)36(41)38-32-18-15-31(16-19-32)17-20-35(40)42-27-8-7-24-39-25-22-37-23-26-39/h5-6,11,13-21,37H,4,7-10,12,22-28H2,1-3H3,(H,38,41)/b20-17+,29-11+,30-21+. The molecule has 1 amide bonds. The Labute approximate surface area is 263 Å². The van der Waals surface area contributed by atoms with Crippen LogP contribution < -0.4 is 10.6 Å². The van der Waals surface area contributed by atoms with Crippen molar-refractivity contribution in [3.63, 3.8) is 0 Å². The molecule has 43 heavy (non-hydrogen) atoms. The van der Waals surface area contributed by atoms with Gasteiger partial charge in [0.15, 0.2) is 0 Å². The highest BCUT2D eigenvalue weighted by Gasteiger charge is 2.12. The van der Waals surface area contributed by atoms with Gasteiger partial charge in [0.1, 0.15) is 0 Å². The molecular formula is C36H49N3O3S. The second-order valence-corrected chi connectivity index (χ2v) is 12.1. The maximum absolute atomic E-state index is 13.1. The van der Waals surface area contributed by atoms with E-state index in [1.165, 1.54) is 30.1 Å². The summed E-state index contributed by atoms with van der Waals surface area (Å²) < 4.78 is 5.34. The molecule has 0 bridgehead atoms. The van der Waals surface area contributed by atoms with Crippen molar-refractivity contribution < 1.29 is 14.3 Å². The van der Waals surface area contributed by atoms with E-state index in [0.717, 1.165) is 74.6 Å². The Bertz CT molecular complexity index is 1230. The lowest BCUT2D eigenvalue weighted by molar-refractivity contribution is -0.137. The summed E-state index contributed by atoms with van der Waals surface area (Å²) in [6, 6.07) is 15.2. The molecule has 232 valence electrons. The van der Waals surface area contributed by atoms with Crippen molar-refractivity contribution in [1.29, 1.82) is 0 Å². The predicted molar refractivity (Wildman–Crippen MR) is 182 cm³/mol. The van der Waals surface area contributed by atoms with E-state index in [-0.39, 0.29) is 11.9 Å². The Morgan fingerprint density at radius 1 is 0.977 bits per heavy atom. The Morgan fingerprint density at radius 3 is 2.49 bits per heavy atom. The molecule has 0 saturated carbocycles. The van der Waals surface area contributed by atoms with Gasteiger partial charge in [-0.05, 0) is 88.4 Å². The topological polar surface area (TPSA) is 70.7 Å². The van der Waals surface area contributed by atoms with Crippen LogP contribution in [0.2, 0.25) is 0 Å². The number of hydrogen-bond donors (Lipinski definition) is 2.